The molecular formula is C16H18Cl2N6O3. The SMILES string of the molecule is CCOC(=O)CN(C(N)=O)c1cnc(Nc2ccc(Cl)c(Cl)c2)nc1NC. The summed E-state index contributed by atoms with van der Waals surface area (Å²) in [5.41, 5.74) is 6.24. The van der Waals surface area contributed by atoms with E-state index >= 15 is 0 Å². The van der Waals surface area contributed by atoms with Crippen LogP contribution in [0.4, 0.5) is 27.9 Å². The van der Waals surface area contributed by atoms with E-state index in [2.05, 4.69) is 20.6 Å². The van der Waals surface area contributed by atoms with Gasteiger partial charge in [-0.2, -0.15) is 4.98 Å². The van der Waals surface area contributed by atoms with Crippen LogP contribution in [0.3, 0.4) is 0 Å². The first-order valence-electron chi connectivity index (χ1n) is 7.85. The van der Waals surface area contributed by atoms with Crippen molar-refractivity contribution in [3.8, 4) is 0 Å². The van der Waals surface area contributed by atoms with Crippen molar-refractivity contribution in [2.24, 2.45) is 5.73 Å². The summed E-state index contributed by atoms with van der Waals surface area (Å²) in [6.45, 7) is 1.49. The number of ether oxygens (including phenoxy) is 1. The molecule has 1 heterocycles. The van der Waals surface area contributed by atoms with Gasteiger partial charge in [0.2, 0.25) is 5.95 Å². The second kappa shape index (κ2) is 9.24. The van der Waals surface area contributed by atoms with Crippen molar-refractivity contribution in [1.29, 1.82) is 0 Å². The van der Waals surface area contributed by atoms with Crippen molar-refractivity contribution >= 4 is 58.3 Å². The molecule has 0 aliphatic rings. The molecule has 0 fully saturated rings. The summed E-state index contributed by atoms with van der Waals surface area (Å²) in [6.07, 6.45) is 1.36. The van der Waals surface area contributed by atoms with Gasteiger partial charge in [0.05, 0.1) is 22.8 Å². The standard InChI is InChI=1S/C16H18Cl2N6O3/c1-3-27-13(25)8-24(15(19)26)12-7-21-16(23-14(12)20-2)22-9-4-5-10(17)11(18)6-9/h4-7H,3,8H2,1-2H3,(H2,19,26)(H2,20,21,22,23). The molecule has 0 radical (unpaired) electrons. The Kier molecular flexibility index (Phi) is 7.03. The van der Waals surface area contributed by atoms with Gasteiger partial charge in [0.15, 0.2) is 5.82 Å². The fourth-order valence-corrected chi connectivity index (χ4v) is 2.44. The van der Waals surface area contributed by atoms with Crippen molar-refractivity contribution in [3.05, 3.63) is 34.4 Å². The van der Waals surface area contributed by atoms with Gasteiger partial charge in [-0.25, -0.2) is 9.78 Å². The molecule has 0 spiro atoms. The number of anilines is 4. The number of carbonyl (C=O) groups excluding carboxylic acids is 2. The Balaban J connectivity index is 2.29. The van der Waals surface area contributed by atoms with E-state index in [0.29, 0.717) is 15.7 Å². The molecule has 1 aromatic heterocycles. The first-order chi connectivity index (χ1) is 12.8. The van der Waals surface area contributed by atoms with Crippen LogP contribution in [0, 0.1) is 0 Å². The van der Waals surface area contributed by atoms with E-state index < -0.39 is 12.0 Å². The minimum absolute atomic E-state index is 0.188. The number of nitrogens with one attached hydrogen (secondary N) is 2. The first kappa shape index (κ1) is 20.5. The molecule has 9 nitrogen and oxygen atoms in total. The molecule has 2 amide bonds. The average molecular weight is 413 g/mol. The number of primary amides is 1. The third-order valence-electron chi connectivity index (χ3n) is 3.33. The molecule has 0 unspecified atom stereocenters. The van der Waals surface area contributed by atoms with E-state index in [1.807, 2.05) is 0 Å². The largest absolute Gasteiger partial charge is 0.465 e. The number of hydrogen-bond acceptors (Lipinski definition) is 7. The fourth-order valence-electron chi connectivity index (χ4n) is 2.14. The summed E-state index contributed by atoms with van der Waals surface area (Å²) in [5, 5.41) is 6.61. The molecule has 144 valence electrons. The Bertz CT molecular complexity index is 849. The molecule has 0 atom stereocenters. The minimum atomic E-state index is -0.839. The summed E-state index contributed by atoms with van der Waals surface area (Å²) in [5.74, 6) is -0.0749. The van der Waals surface area contributed by atoms with E-state index in [0.717, 1.165) is 4.90 Å². The van der Waals surface area contributed by atoms with Crippen LogP contribution in [0.15, 0.2) is 24.4 Å². The van der Waals surface area contributed by atoms with Crippen LogP contribution < -0.4 is 21.3 Å². The monoisotopic (exact) mass is 412 g/mol. The fraction of sp³-hybridized carbons (Fsp3) is 0.250. The van der Waals surface area contributed by atoms with E-state index in [1.165, 1.54) is 6.20 Å². The minimum Gasteiger partial charge on any atom is -0.465 e. The van der Waals surface area contributed by atoms with E-state index in [1.54, 1.807) is 32.2 Å². The first-order valence-corrected chi connectivity index (χ1v) is 8.60. The van der Waals surface area contributed by atoms with Gasteiger partial charge in [-0.15, -0.1) is 0 Å². The van der Waals surface area contributed by atoms with Crippen LogP contribution in [-0.2, 0) is 9.53 Å². The Hall–Kier alpha value is -2.78. The molecule has 0 aliphatic heterocycles. The Labute approximate surface area is 165 Å². The summed E-state index contributed by atoms with van der Waals surface area (Å²) < 4.78 is 4.86. The lowest BCUT2D eigenvalue weighted by molar-refractivity contribution is -0.141. The predicted molar refractivity (Wildman–Crippen MR) is 105 cm³/mol. The van der Waals surface area contributed by atoms with Gasteiger partial charge in [-0.3, -0.25) is 9.69 Å². The number of amides is 2. The molecule has 1 aromatic carbocycles. The van der Waals surface area contributed by atoms with Gasteiger partial charge in [-0.1, -0.05) is 23.2 Å². The molecule has 0 bridgehead atoms. The van der Waals surface area contributed by atoms with Gasteiger partial charge in [0.1, 0.15) is 12.2 Å². The average Bonchev–Trinajstić information content (AvgIpc) is 2.63. The van der Waals surface area contributed by atoms with Crippen LogP contribution in [0.25, 0.3) is 0 Å². The maximum atomic E-state index is 11.8. The zero-order valence-electron chi connectivity index (χ0n) is 14.6. The van der Waals surface area contributed by atoms with Crippen molar-refractivity contribution in [1.82, 2.24) is 9.97 Å². The molecule has 27 heavy (non-hydrogen) atoms. The van der Waals surface area contributed by atoms with Crippen LogP contribution >= 0.6 is 23.2 Å². The smallest absolute Gasteiger partial charge is 0.326 e. The number of esters is 1. The van der Waals surface area contributed by atoms with Crippen LogP contribution in [-0.4, -0.2) is 42.2 Å². The number of rotatable bonds is 7. The van der Waals surface area contributed by atoms with Gasteiger partial charge in [0.25, 0.3) is 0 Å². The molecule has 0 saturated carbocycles. The van der Waals surface area contributed by atoms with Crippen molar-refractivity contribution in [2.75, 3.05) is 35.7 Å². The second-order valence-electron chi connectivity index (χ2n) is 5.16. The van der Waals surface area contributed by atoms with Gasteiger partial charge >= 0.3 is 12.0 Å². The molecule has 0 saturated heterocycles. The highest BCUT2D eigenvalue weighted by atomic mass is 35.5. The Morgan fingerprint density at radius 1 is 1.30 bits per heavy atom. The third-order valence-corrected chi connectivity index (χ3v) is 4.07. The lowest BCUT2D eigenvalue weighted by atomic mass is 10.3. The normalized spacial score (nSPS) is 10.2. The number of benzene rings is 1. The molecule has 0 aliphatic carbocycles. The van der Waals surface area contributed by atoms with Crippen molar-refractivity contribution in [2.45, 2.75) is 6.92 Å². The lowest BCUT2D eigenvalue weighted by Gasteiger charge is -2.21. The van der Waals surface area contributed by atoms with E-state index in [4.69, 9.17) is 33.7 Å². The molecule has 2 aromatic rings. The lowest BCUT2D eigenvalue weighted by Crippen LogP contribution is -2.40. The van der Waals surface area contributed by atoms with Gasteiger partial charge in [0, 0.05) is 12.7 Å². The number of nitrogens with two attached hydrogens (primary N) is 1. The number of carbonyl (C=O) groups is 2. The topological polar surface area (TPSA) is 122 Å². The van der Waals surface area contributed by atoms with E-state index in [9.17, 15) is 9.59 Å². The van der Waals surface area contributed by atoms with Gasteiger partial charge in [-0.05, 0) is 25.1 Å². The highest BCUT2D eigenvalue weighted by Gasteiger charge is 2.22. The second-order valence-corrected chi connectivity index (χ2v) is 5.98. The van der Waals surface area contributed by atoms with Crippen LogP contribution in [0.1, 0.15) is 6.92 Å². The maximum absolute atomic E-state index is 11.8. The summed E-state index contributed by atoms with van der Waals surface area (Å²) in [4.78, 5) is 33.0. The quantitative estimate of drug-likeness (QED) is 0.597. The summed E-state index contributed by atoms with van der Waals surface area (Å²) >= 11 is 11.9. The van der Waals surface area contributed by atoms with Crippen LogP contribution in [0.5, 0.6) is 0 Å². The zero-order chi connectivity index (χ0) is 20.0. The maximum Gasteiger partial charge on any atom is 0.326 e. The summed E-state index contributed by atoms with van der Waals surface area (Å²) in [6, 6.07) is 4.12. The number of hydrogen-bond donors (Lipinski definition) is 3. The third kappa shape index (κ3) is 5.35. The van der Waals surface area contributed by atoms with Crippen LogP contribution in [0.2, 0.25) is 10.0 Å². The zero-order valence-corrected chi connectivity index (χ0v) is 16.1. The number of aromatic nitrogens is 2. The van der Waals surface area contributed by atoms with E-state index in [-0.39, 0.29) is 30.6 Å². The number of nitrogens with zero attached hydrogens (tertiary/aromatic N) is 3. The van der Waals surface area contributed by atoms with Crippen molar-refractivity contribution in [3.63, 3.8) is 0 Å². The molecule has 2 rings (SSSR count). The summed E-state index contributed by atoms with van der Waals surface area (Å²) in [7, 11) is 1.61. The molecule has 4 N–H and O–H groups in total. The van der Waals surface area contributed by atoms with Crippen molar-refractivity contribution < 1.29 is 14.3 Å². The highest BCUT2D eigenvalue weighted by Crippen LogP contribution is 2.28. The van der Waals surface area contributed by atoms with Gasteiger partial charge < -0.3 is 21.1 Å². The number of urea groups is 1. The highest BCUT2D eigenvalue weighted by molar-refractivity contribution is 6.42. The molecular weight excluding hydrogens is 395 g/mol. The predicted octanol–water partition coefficient (Wildman–Crippen LogP) is 3.02. The number of halogens is 2. The molecule has 11 heteroatoms. The Morgan fingerprint density at radius 2 is 2.04 bits per heavy atom. The Morgan fingerprint density at radius 3 is 2.63 bits per heavy atom.